The van der Waals surface area contributed by atoms with E-state index in [9.17, 15) is 18.3 Å². The van der Waals surface area contributed by atoms with Crippen LogP contribution in [0.5, 0.6) is 5.75 Å². The minimum atomic E-state index is -4.04. The van der Waals surface area contributed by atoms with Gasteiger partial charge in [-0.1, -0.05) is 0 Å². The minimum absolute atomic E-state index is 0.00171. The molecule has 0 saturated carbocycles. The van der Waals surface area contributed by atoms with Crippen LogP contribution < -0.4 is 4.72 Å². The quantitative estimate of drug-likeness (QED) is 0.767. The fourth-order valence-corrected chi connectivity index (χ4v) is 2.92. The van der Waals surface area contributed by atoms with Gasteiger partial charge in [-0.15, -0.1) is 0 Å². The standard InChI is InChI=1S/C12H11N3O5S/c1-7-4-9(16)8(12(17)18)5-10(7)21(19,20)15-11-6-13-2-3-14-11/h2-6,16H,1H3,(H,14,15)(H,17,18). The molecule has 3 N–H and O–H groups in total. The second-order valence-electron chi connectivity index (χ2n) is 4.14. The zero-order valence-electron chi connectivity index (χ0n) is 10.8. The topological polar surface area (TPSA) is 129 Å². The van der Waals surface area contributed by atoms with Gasteiger partial charge >= 0.3 is 5.97 Å². The van der Waals surface area contributed by atoms with Crippen molar-refractivity contribution >= 4 is 21.8 Å². The number of anilines is 1. The molecule has 2 rings (SSSR count). The van der Waals surface area contributed by atoms with Crippen LogP contribution >= 0.6 is 0 Å². The number of sulfonamides is 1. The summed E-state index contributed by atoms with van der Waals surface area (Å²) in [6.07, 6.45) is 3.90. The van der Waals surface area contributed by atoms with E-state index in [2.05, 4.69) is 14.7 Å². The normalized spacial score (nSPS) is 11.1. The number of nitrogens with one attached hydrogen (secondary N) is 1. The van der Waals surface area contributed by atoms with E-state index >= 15 is 0 Å². The van der Waals surface area contributed by atoms with Gasteiger partial charge < -0.3 is 10.2 Å². The Balaban J connectivity index is 2.50. The second-order valence-corrected chi connectivity index (χ2v) is 5.79. The Morgan fingerprint density at radius 2 is 2.00 bits per heavy atom. The van der Waals surface area contributed by atoms with E-state index in [1.54, 1.807) is 0 Å². The summed E-state index contributed by atoms with van der Waals surface area (Å²) in [7, 11) is -4.04. The summed E-state index contributed by atoms with van der Waals surface area (Å²) in [5.74, 6) is -1.93. The van der Waals surface area contributed by atoms with Crippen LogP contribution in [0.4, 0.5) is 5.82 Å². The number of hydrogen-bond acceptors (Lipinski definition) is 6. The zero-order valence-corrected chi connectivity index (χ0v) is 11.6. The Bertz CT molecular complexity index is 790. The first kappa shape index (κ1) is 14.7. The highest BCUT2D eigenvalue weighted by Gasteiger charge is 2.22. The van der Waals surface area contributed by atoms with Crippen molar-refractivity contribution in [2.75, 3.05) is 4.72 Å². The van der Waals surface area contributed by atoms with Crippen molar-refractivity contribution in [3.05, 3.63) is 41.9 Å². The van der Waals surface area contributed by atoms with Gasteiger partial charge in [0.1, 0.15) is 11.3 Å². The molecule has 1 aromatic carbocycles. The van der Waals surface area contributed by atoms with Crippen molar-refractivity contribution in [3.8, 4) is 5.75 Å². The summed E-state index contributed by atoms with van der Waals surface area (Å²) in [6, 6.07) is 1.97. The molecule has 0 bridgehead atoms. The Labute approximate surface area is 120 Å². The highest BCUT2D eigenvalue weighted by atomic mass is 32.2. The lowest BCUT2D eigenvalue weighted by Gasteiger charge is -2.11. The average Bonchev–Trinajstić information content (AvgIpc) is 2.38. The molecule has 0 fully saturated rings. The first-order chi connectivity index (χ1) is 9.81. The number of nitrogens with zero attached hydrogens (tertiary/aromatic N) is 2. The van der Waals surface area contributed by atoms with Crippen molar-refractivity contribution in [2.45, 2.75) is 11.8 Å². The number of phenols is 1. The zero-order chi connectivity index (χ0) is 15.6. The summed E-state index contributed by atoms with van der Waals surface area (Å²) < 4.78 is 26.7. The predicted octanol–water partition coefficient (Wildman–Crippen LogP) is 0.990. The molecule has 0 amide bonds. The van der Waals surface area contributed by atoms with Gasteiger partial charge in [0.25, 0.3) is 10.0 Å². The maximum atomic E-state index is 12.3. The molecule has 0 radical (unpaired) electrons. The number of carbonyl (C=O) groups is 1. The molecule has 0 spiro atoms. The lowest BCUT2D eigenvalue weighted by Crippen LogP contribution is -2.16. The highest BCUT2D eigenvalue weighted by molar-refractivity contribution is 7.92. The number of aromatic carboxylic acids is 1. The van der Waals surface area contributed by atoms with Crippen LogP contribution in [0.15, 0.2) is 35.6 Å². The molecule has 110 valence electrons. The Hall–Kier alpha value is -2.68. The van der Waals surface area contributed by atoms with Crippen LogP contribution in [-0.2, 0) is 10.0 Å². The first-order valence-corrected chi connectivity index (χ1v) is 7.15. The first-order valence-electron chi connectivity index (χ1n) is 5.67. The van der Waals surface area contributed by atoms with Crippen LogP contribution in [0.3, 0.4) is 0 Å². The van der Waals surface area contributed by atoms with Crippen LogP contribution in [0.2, 0.25) is 0 Å². The lowest BCUT2D eigenvalue weighted by molar-refractivity contribution is 0.0693. The Morgan fingerprint density at radius 1 is 1.29 bits per heavy atom. The Morgan fingerprint density at radius 3 is 2.57 bits per heavy atom. The average molecular weight is 309 g/mol. The molecule has 0 aliphatic carbocycles. The van der Waals surface area contributed by atoms with Gasteiger partial charge in [0.2, 0.25) is 0 Å². The molecular weight excluding hydrogens is 298 g/mol. The van der Waals surface area contributed by atoms with Crippen LogP contribution in [0, 0.1) is 6.92 Å². The van der Waals surface area contributed by atoms with E-state index in [0.717, 1.165) is 12.1 Å². The number of carboxylic acids is 1. The predicted molar refractivity (Wildman–Crippen MR) is 72.6 cm³/mol. The van der Waals surface area contributed by atoms with E-state index < -0.39 is 27.3 Å². The Kier molecular flexibility index (Phi) is 3.76. The van der Waals surface area contributed by atoms with Gasteiger partial charge in [-0.3, -0.25) is 9.71 Å². The van der Waals surface area contributed by atoms with E-state index in [1.807, 2.05) is 0 Å². The van der Waals surface area contributed by atoms with E-state index in [4.69, 9.17) is 5.11 Å². The summed E-state index contributed by atoms with van der Waals surface area (Å²) in [6.45, 7) is 1.44. The highest BCUT2D eigenvalue weighted by Crippen LogP contribution is 2.26. The summed E-state index contributed by atoms with van der Waals surface area (Å²) in [5.41, 5.74) is -0.297. The van der Waals surface area contributed by atoms with Gasteiger partial charge in [-0.05, 0) is 24.6 Å². The molecule has 2 aromatic rings. The van der Waals surface area contributed by atoms with Gasteiger partial charge in [0.05, 0.1) is 11.1 Å². The van der Waals surface area contributed by atoms with E-state index in [-0.39, 0.29) is 16.3 Å². The molecule has 0 unspecified atom stereocenters. The lowest BCUT2D eigenvalue weighted by atomic mass is 10.1. The van der Waals surface area contributed by atoms with Crippen LogP contribution in [0.1, 0.15) is 15.9 Å². The summed E-state index contributed by atoms with van der Waals surface area (Å²) in [5, 5.41) is 18.5. The second kappa shape index (κ2) is 5.37. The maximum Gasteiger partial charge on any atom is 0.339 e. The SMILES string of the molecule is Cc1cc(O)c(C(=O)O)cc1S(=O)(=O)Nc1cnccn1. The third kappa shape index (κ3) is 3.08. The van der Waals surface area contributed by atoms with Crippen molar-refractivity contribution in [1.82, 2.24) is 9.97 Å². The number of hydrogen-bond donors (Lipinski definition) is 3. The molecular formula is C12H11N3O5S. The van der Waals surface area contributed by atoms with Gasteiger partial charge in [-0.2, -0.15) is 0 Å². The molecule has 1 heterocycles. The van der Waals surface area contributed by atoms with E-state index in [0.29, 0.717) is 0 Å². The molecule has 21 heavy (non-hydrogen) atoms. The monoisotopic (exact) mass is 309 g/mol. The van der Waals surface area contributed by atoms with Crippen molar-refractivity contribution in [3.63, 3.8) is 0 Å². The van der Waals surface area contributed by atoms with Crippen molar-refractivity contribution < 1.29 is 23.4 Å². The van der Waals surface area contributed by atoms with Crippen LogP contribution in [0.25, 0.3) is 0 Å². The smallest absolute Gasteiger partial charge is 0.339 e. The number of benzene rings is 1. The molecule has 8 nitrogen and oxygen atoms in total. The third-order valence-corrected chi connectivity index (χ3v) is 4.11. The third-order valence-electron chi connectivity index (χ3n) is 2.62. The number of carboxylic acid groups (broad SMARTS) is 1. The van der Waals surface area contributed by atoms with Gasteiger partial charge in [0.15, 0.2) is 5.82 Å². The van der Waals surface area contributed by atoms with E-state index in [1.165, 1.54) is 25.5 Å². The fraction of sp³-hybridized carbons (Fsp3) is 0.0833. The molecule has 9 heteroatoms. The molecule has 0 atom stereocenters. The van der Waals surface area contributed by atoms with Gasteiger partial charge in [0, 0.05) is 12.4 Å². The van der Waals surface area contributed by atoms with Crippen molar-refractivity contribution in [1.29, 1.82) is 0 Å². The van der Waals surface area contributed by atoms with Crippen LogP contribution in [-0.4, -0.2) is 34.6 Å². The molecule has 0 aliphatic rings. The molecule has 0 aliphatic heterocycles. The van der Waals surface area contributed by atoms with Crippen molar-refractivity contribution in [2.24, 2.45) is 0 Å². The minimum Gasteiger partial charge on any atom is -0.507 e. The summed E-state index contributed by atoms with van der Waals surface area (Å²) >= 11 is 0. The fourth-order valence-electron chi connectivity index (χ4n) is 1.68. The number of rotatable bonds is 4. The number of aromatic hydroxyl groups is 1. The molecule has 0 saturated heterocycles. The number of aromatic nitrogens is 2. The largest absolute Gasteiger partial charge is 0.507 e. The maximum absolute atomic E-state index is 12.3. The van der Waals surface area contributed by atoms with Gasteiger partial charge in [-0.25, -0.2) is 18.2 Å². The summed E-state index contributed by atoms with van der Waals surface area (Å²) in [4.78, 5) is 18.2. The molecule has 1 aromatic heterocycles. The number of aryl methyl sites for hydroxylation is 1.